The van der Waals surface area contributed by atoms with E-state index < -0.39 is 18.0 Å². The number of carbonyl (C=O) groups excluding carboxylic acids is 1. The van der Waals surface area contributed by atoms with Crippen molar-refractivity contribution in [2.75, 3.05) is 6.54 Å². The lowest BCUT2D eigenvalue weighted by Gasteiger charge is -2.21. The van der Waals surface area contributed by atoms with E-state index in [-0.39, 0.29) is 18.6 Å². The van der Waals surface area contributed by atoms with E-state index in [0.717, 1.165) is 6.42 Å². The van der Waals surface area contributed by atoms with E-state index in [1.165, 1.54) is 6.92 Å². The Kier molecular flexibility index (Phi) is 3.74. The summed E-state index contributed by atoms with van der Waals surface area (Å²) < 4.78 is 0. The molecule has 0 aromatic rings. The van der Waals surface area contributed by atoms with Crippen LogP contribution < -0.4 is 10.6 Å². The van der Waals surface area contributed by atoms with Crippen molar-refractivity contribution in [1.29, 1.82) is 0 Å². The molecule has 0 radical (unpaired) electrons. The van der Waals surface area contributed by atoms with Crippen molar-refractivity contribution in [2.24, 2.45) is 5.92 Å². The highest BCUT2D eigenvalue weighted by Crippen LogP contribution is 2.28. The van der Waals surface area contributed by atoms with E-state index in [4.69, 9.17) is 5.11 Å². The molecule has 4 N–H and O–H groups in total. The van der Waals surface area contributed by atoms with Crippen LogP contribution in [-0.4, -0.2) is 40.4 Å². The topological polar surface area (TPSA) is 98.7 Å². The average molecular weight is 230 g/mol. The lowest BCUT2D eigenvalue weighted by atomic mass is 10.0. The first-order chi connectivity index (χ1) is 7.30. The molecular weight excluding hydrogens is 212 g/mol. The Bertz CT molecular complexity index is 291. The van der Waals surface area contributed by atoms with E-state index in [1.54, 1.807) is 0 Å². The van der Waals surface area contributed by atoms with Gasteiger partial charge < -0.3 is 20.8 Å². The van der Waals surface area contributed by atoms with Crippen LogP contribution in [-0.2, 0) is 4.79 Å². The van der Waals surface area contributed by atoms with Crippen LogP contribution >= 0.6 is 0 Å². The highest BCUT2D eigenvalue weighted by Gasteiger charge is 2.34. The predicted octanol–water partition coefficient (Wildman–Crippen LogP) is -0.0803. The number of urea groups is 1. The van der Waals surface area contributed by atoms with Crippen molar-refractivity contribution < 1.29 is 19.8 Å². The molecule has 0 bridgehead atoms. The maximum absolute atomic E-state index is 11.3. The lowest BCUT2D eigenvalue weighted by Crippen LogP contribution is -2.46. The number of aliphatic hydroxyl groups is 1. The highest BCUT2D eigenvalue weighted by molar-refractivity contribution is 5.75. The van der Waals surface area contributed by atoms with Gasteiger partial charge in [-0.15, -0.1) is 0 Å². The molecular formula is C10H18N2O4. The molecule has 92 valence electrons. The van der Waals surface area contributed by atoms with Crippen LogP contribution in [0.1, 0.15) is 26.7 Å². The van der Waals surface area contributed by atoms with E-state index in [2.05, 4.69) is 10.6 Å². The summed E-state index contributed by atoms with van der Waals surface area (Å²) in [5, 5.41) is 23.3. The maximum Gasteiger partial charge on any atom is 0.315 e. The second kappa shape index (κ2) is 4.69. The lowest BCUT2D eigenvalue weighted by molar-refractivity contribution is -0.141. The maximum atomic E-state index is 11.3. The summed E-state index contributed by atoms with van der Waals surface area (Å²) in [6.45, 7) is 3.33. The normalized spacial score (nSPS) is 26.7. The zero-order chi connectivity index (χ0) is 12.3. The van der Waals surface area contributed by atoms with E-state index >= 15 is 0 Å². The number of hydrogen-bond donors (Lipinski definition) is 4. The van der Waals surface area contributed by atoms with Crippen LogP contribution in [0.15, 0.2) is 0 Å². The molecule has 0 aromatic heterocycles. The molecule has 1 aliphatic carbocycles. The molecule has 0 saturated heterocycles. The standard InChI is InChI=1S/C10H18N2O4/c1-6-3-7(6)12-9(15)11-5-10(2,16)4-8(13)14/h6-7,16H,3-5H2,1-2H3,(H,13,14)(H2,11,12,15). The third kappa shape index (κ3) is 4.48. The van der Waals surface area contributed by atoms with Crippen LogP contribution in [0.5, 0.6) is 0 Å². The van der Waals surface area contributed by atoms with Gasteiger partial charge in [0.1, 0.15) is 0 Å². The molecule has 0 aliphatic heterocycles. The summed E-state index contributed by atoms with van der Waals surface area (Å²) in [4.78, 5) is 21.7. The van der Waals surface area contributed by atoms with Crippen molar-refractivity contribution in [3.63, 3.8) is 0 Å². The third-order valence-electron chi connectivity index (χ3n) is 2.59. The van der Waals surface area contributed by atoms with Crippen LogP contribution in [0, 0.1) is 5.92 Å². The number of carboxylic acids is 1. The number of hydrogen-bond acceptors (Lipinski definition) is 3. The summed E-state index contributed by atoms with van der Waals surface area (Å²) >= 11 is 0. The van der Waals surface area contributed by atoms with E-state index in [1.807, 2.05) is 6.92 Å². The Morgan fingerprint density at radius 1 is 1.50 bits per heavy atom. The molecule has 6 nitrogen and oxygen atoms in total. The first-order valence-corrected chi connectivity index (χ1v) is 5.29. The summed E-state index contributed by atoms with van der Waals surface area (Å²) in [5.74, 6) is -0.590. The van der Waals surface area contributed by atoms with Crippen LogP contribution in [0.3, 0.4) is 0 Å². The number of amides is 2. The highest BCUT2D eigenvalue weighted by atomic mass is 16.4. The van der Waals surface area contributed by atoms with E-state index in [9.17, 15) is 14.7 Å². The molecule has 0 aromatic carbocycles. The molecule has 6 heteroatoms. The second-order valence-electron chi connectivity index (χ2n) is 4.71. The van der Waals surface area contributed by atoms with Gasteiger partial charge in [-0.3, -0.25) is 4.79 Å². The Labute approximate surface area is 94.0 Å². The monoisotopic (exact) mass is 230 g/mol. The summed E-state index contributed by atoms with van der Waals surface area (Å²) in [6, 6.07) is -0.149. The molecule has 1 aliphatic rings. The largest absolute Gasteiger partial charge is 0.481 e. The van der Waals surface area contributed by atoms with Crippen molar-refractivity contribution in [1.82, 2.24) is 10.6 Å². The van der Waals surface area contributed by atoms with Gasteiger partial charge in [-0.1, -0.05) is 6.92 Å². The van der Waals surface area contributed by atoms with Crippen molar-refractivity contribution >= 4 is 12.0 Å². The van der Waals surface area contributed by atoms with Crippen LogP contribution in [0.25, 0.3) is 0 Å². The van der Waals surface area contributed by atoms with Crippen LogP contribution in [0.2, 0.25) is 0 Å². The number of aliphatic carboxylic acids is 1. The minimum Gasteiger partial charge on any atom is -0.481 e. The first kappa shape index (κ1) is 12.8. The molecule has 0 spiro atoms. The zero-order valence-electron chi connectivity index (χ0n) is 9.49. The van der Waals surface area contributed by atoms with Gasteiger partial charge in [0.05, 0.1) is 12.0 Å². The fourth-order valence-corrected chi connectivity index (χ4v) is 1.40. The average Bonchev–Trinajstić information content (AvgIpc) is 2.76. The quantitative estimate of drug-likeness (QED) is 0.531. The van der Waals surface area contributed by atoms with Crippen molar-refractivity contribution in [3.05, 3.63) is 0 Å². The third-order valence-corrected chi connectivity index (χ3v) is 2.59. The predicted molar refractivity (Wildman–Crippen MR) is 57.0 cm³/mol. The molecule has 16 heavy (non-hydrogen) atoms. The Balaban J connectivity index is 2.22. The van der Waals surface area contributed by atoms with Gasteiger partial charge in [0.2, 0.25) is 0 Å². The minimum absolute atomic E-state index is 0.0771. The second-order valence-corrected chi connectivity index (χ2v) is 4.71. The van der Waals surface area contributed by atoms with Gasteiger partial charge in [-0.05, 0) is 19.3 Å². The number of carboxylic acid groups (broad SMARTS) is 1. The van der Waals surface area contributed by atoms with E-state index in [0.29, 0.717) is 5.92 Å². The Morgan fingerprint density at radius 3 is 2.50 bits per heavy atom. The minimum atomic E-state index is -1.42. The van der Waals surface area contributed by atoms with Crippen molar-refractivity contribution in [2.45, 2.75) is 38.3 Å². The Hall–Kier alpha value is -1.30. The first-order valence-electron chi connectivity index (χ1n) is 5.29. The zero-order valence-corrected chi connectivity index (χ0v) is 9.49. The number of carbonyl (C=O) groups is 2. The Morgan fingerprint density at radius 2 is 2.06 bits per heavy atom. The molecule has 2 amide bonds. The summed E-state index contributed by atoms with van der Waals surface area (Å²) in [6.07, 6.45) is 0.575. The van der Waals surface area contributed by atoms with Crippen LogP contribution in [0.4, 0.5) is 4.79 Å². The number of nitrogens with one attached hydrogen (secondary N) is 2. The van der Waals surface area contributed by atoms with Gasteiger partial charge >= 0.3 is 12.0 Å². The van der Waals surface area contributed by atoms with Crippen molar-refractivity contribution in [3.8, 4) is 0 Å². The molecule has 3 unspecified atom stereocenters. The summed E-state index contributed by atoms with van der Waals surface area (Å²) in [7, 11) is 0. The van der Waals surface area contributed by atoms with Gasteiger partial charge in [0.25, 0.3) is 0 Å². The number of rotatable bonds is 5. The van der Waals surface area contributed by atoms with Gasteiger partial charge in [-0.25, -0.2) is 4.79 Å². The SMILES string of the molecule is CC1CC1NC(=O)NCC(C)(O)CC(=O)O. The molecule has 1 rings (SSSR count). The van der Waals surface area contributed by atoms with Gasteiger partial charge in [0, 0.05) is 12.6 Å². The molecule has 0 heterocycles. The molecule has 1 saturated carbocycles. The van der Waals surface area contributed by atoms with Gasteiger partial charge in [-0.2, -0.15) is 0 Å². The molecule has 1 fully saturated rings. The fourth-order valence-electron chi connectivity index (χ4n) is 1.40. The fraction of sp³-hybridized carbons (Fsp3) is 0.800. The molecule has 3 atom stereocenters. The summed E-state index contributed by atoms with van der Waals surface area (Å²) in [5.41, 5.74) is -1.42. The van der Waals surface area contributed by atoms with Gasteiger partial charge in [0.15, 0.2) is 0 Å². The smallest absolute Gasteiger partial charge is 0.315 e.